The number of carbonyl (C=O) groups is 1. The van der Waals surface area contributed by atoms with E-state index in [9.17, 15) is 9.59 Å². The van der Waals surface area contributed by atoms with Crippen molar-refractivity contribution in [3.8, 4) is 11.5 Å². The van der Waals surface area contributed by atoms with Crippen LogP contribution in [0.2, 0.25) is 0 Å². The first-order valence-electron chi connectivity index (χ1n) is 7.44. The molecule has 130 valence electrons. The second kappa shape index (κ2) is 7.31. The number of ether oxygens (including phenoxy) is 2. The van der Waals surface area contributed by atoms with Crippen LogP contribution in [-0.2, 0) is 11.3 Å². The van der Waals surface area contributed by atoms with E-state index in [-0.39, 0.29) is 30.7 Å². The molecule has 0 saturated carbocycles. The molecule has 0 saturated heterocycles. The van der Waals surface area contributed by atoms with E-state index in [0.29, 0.717) is 28.2 Å². The number of nitrogens with zero attached hydrogens (tertiary/aromatic N) is 2. The normalized spacial score (nSPS) is 12.0. The Bertz CT molecular complexity index is 815. The smallest absolute Gasteiger partial charge is 0.262 e. The van der Waals surface area contributed by atoms with Crippen molar-refractivity contribution in [2.24, 2.45) is 0 Å². The third-order valence-electron chi connectivity index (χ3n) is 3.63. The van der Waals surface area contributed by atoms with Crippen LogP contribution in [-0.4, -0.2) is 47.4 Å². The zero-order valence-electron chi connectivity index (χ0n) is 14.1. The van der Waals surface area contributed by atoms with Crippen LogP contribution in [0.3, 0.4) is 0 Å². The van der Waals surface area contributed by atoms with Gasteiger partial charge in [0.15, 0.2) is 11.5 Å². The van der Waals surface area contributed by atoms with Gasteiger partial charge in [0.25, 0.3) is 5.56 Å². The highest BCUT2D eigenvalue weighted by Gasteiger charge is 2.15. The van der Waals surface area contributed by atoms with Gasteiger partial charge in [-0.2, -0.15) is 0 Å². The maximum Gasteiger partial charge on any atom is 0.262 e. The fraction of sp³-hybridized carbons (Fsp3) is 0.438. The van der Waals surface area contributed by atoms with Crippen LogP contribution in [0.4, 0.5) is 0 Å². The molecule has 0 fully saturated rings. The maximum atomic E-state index is 12.7. The molecule has 2 aromatic rings. The molecule has 24 heavy (non-hydrogen) atoms. The second-order valence-corrected chi connectivity index (χ2v) is 5.43. The van der Waals surface area contributed by atoms with Crippen molar-refractivity contribution in [3.63, 3.8) is 0 Å². The number of aryl methyl sites for hydroxylation is 1. The predicted octanol–water partition coefficient (Wildman–Crippen LogP) is 0.219. The Kier molecular flexibility index (Phi) is 5.40. The number of rotatable bonds is 6. The summed E-state index contributed by atoms with van der Waals surface area (Å²) >= 11 is 0. The van der Waals surface area contributed by atoms with Gasteiger partial charge in [-0.3, -0.25) is 14.2 Å². The molecule has 0 aliphatic rings. The van der Waals surface area contributed by atoms with Gasteiger partial charge < -0.3 is 19.9 Å². The Labute approximate surface area is 139 Å². The zero-order chi connectivity index (χ0) is 17.9. The summed E-state index contributed by atoms with van der Waals surface area (Å²) in [5.74, 6) is 0.927. The highest BCUT2D eigenvalue weighted by molar-refractivity contribution is 5.82. The molecular formula is C16H21N3O5. The van der Waals surface area contributed by atoms with Crippen LogP contribution in [0.5, 0.6) is 11.5 Å². The Morgan fingerprint density at radius 2 is 1.96 bits per heavy atom. The van der Waals surface area contributed by atoms with E-state index in [0.717, 1.165) is 0 Å². The van der Waals surface area contributed by atoms with Gasteiger partial charge in [-0.1, -0.05) is 0 Å². The number of carbonyl (C=O) groups excluding carboxylic acids is 1. The number of aliphatic hydroxyl groups excluding tert-OH is 1. The van der Waals surface area contributed by atoms with E-state index in [1.165, 1.54) is 18.8 Å². The highest BCUT2D eigenvalue weighted by Crippen LogP contribution is 2.30. The van der Waals surface area contributed by atoms with E-state index in [1.807, 2.05) is 0 Å². The minimum Gasteiger partial charge on any atom is -0.493 e. The summed E-state index contributed by atoms with van der Waals surface area (Å²) in [5, 5.41) is 11.9. The fourth-order valence-corrected chi connectivity index (χ4v) is 2.36. The Morgan fingerprint density at radius 3 is 2.54 bits per heavy atom. The lowest BCUT2D eigenvalue weighted by atomic mass is 10.2. The molecule has 1 aromatic carbocycles. The largest absolute Gasteiger partial charge is 0.493 e. The molecule has 2 N–H and O–H groups in total. The van der Waals surface area contributed by atoms with Gasteiger partial charge in [0, 0.05) is 12.1 Å². The number of fused-ring (bicyclic) bond motifs is 1. The van der Waals surface area contributed by atoms with E-state index >= 15 is 0 Å². The summed E-state index contributed by atoms with van der Waals surface area (Å²) in [4.78, 5) is 29.1. The summed E-state index contributed by atoms with van der Waals surface area (Å²) in [5.41, 5.74) is 0.126. The molecule has 0 unspecified atom stereocenters. The molecule has 0 bridgehead atoms. The molecule has 0 spiro atoms. The van der Waals surface area contributed by atoms with Crippen LogP contribution >= 0.6 is 0 Å². The molecule has 1 atom stereocenters. The van der Waals surface area contributed by atoms with Gasteiger partial charge in [-0.15, -0.1) is 0 Å². The number of hydrogen-bond acceptors (Lipinski definition) is 6. The number of methoxy groups -OCH3 is 2. The molecule has 8 heteroatoms. The van der Waals surface area contributed by atoms with Gasteiger partial charge in [0.2, 0.25) is 5.91 Å². The molecule has 1 aromatic heterocycles. The van der Waals surface area contributed by atoms with Crippen molar-refractivity contribution in [1.29, 1.82) is 0 Å². The van der Waals surface area contributed by atoms with E-state index in [1.54, 1.807) is 26.0 Å². The molecule has 2 rings (SSSR count). The average Bonchev–Trinajstić information content (AvgIpc) is 2.57. The van der Waals surface area contributed by atoms with Crippen molar-refractivity contribution in [2.45, 2.75) is 26.4 Å². The third kappa shape index (κ3) is 3.48. The Balaban J connectivity index is 2.49. The van der Waals surface area contributed by atoms with E-state index < -0.39 is 0 Å². The Morgan fingerprint density at radius 1 is 1.33 bits per heavy atom. The quantitative estimate of drug-likeness (QED) is 0.783. The topological polar surface area (TPSA) is 103 Å². The lowest BCUT2D eigenvalue weighted by Crippen LogP contribution is -2.39. The van der Waals surface area contributed by atoms with Gasteiger partial charge >= 0.3 is 0 Å². The van der Waals surface area contributed by atoms with Crippen LogP contribution in [0.15, 0.2) is 16.9 Å². The zero-order valence-corrected chi connectivity index (χ0v) is 14.1. The summed E-state index contributed by atoms with van der Waals surface area (Å²) in [6, 6.07) is 2.79. The van der Waals surface area contributed by atoms with E-state index in [2.05, 4.69) is 10.3 Å². The summed E-state index contributed by atoms with van der Waals surface area (Å²) in [6.45, 7) is 2.97. The number of nitrogens with one attached hydrogen (secondary N) is 1. The van der Waals surface area contributed by atoms with Crippen molar-refractivity contribution >= 4 is 16.8 Å². The third-order valence-corrected chi connectivity index (χ3v) is 3.63. The lowest BCUT2D eigenvalue weighted by molar-refractivity contribution is -0.122. The van der Waals surface area contributed by atoms with Gasteiger partial charge in [-0.25, -0.2) is 4.98 Å². The first-order valence-corrected chi connectivity index (χ1v) is 7.44. The van der Waals surface area contributed by atoms with Crippen LogP contribution in [0.25, 0.3) is 10.9 Å². The molecule has 0 aliphatic heterocycles. The van der Waals surface area contributed by atoms with Crippen LogP contribution < -0.4 is 20.3 Å². The van der Waals surface area contributed by atoms with Crippen molar-refractivity contribution in [2.75, 3.05) is 20.8 Å². The summed E-state index contributed by atoms with van der Waals surface area (Å²) in [6.07, 6.45) is 0. The first-order chi connectivity index (χ1) is 11.4. The van der Waals surface area contributed by atoms with Crippen molar-refractivity contribution in [3.05, 3.63) is 28.3 Å². The average molecular weight is 335 g/mol. The number of hydrogen-bond donors (Lipinski definition) is 2. The van der Waals surface area contributed by atoms with Crippen LogP contribution in [0.1, 0.15) is 12.7 Å². The standard InChI is InChI=1S/C16H21N3O5/c1-9(8-20)17-15(21)7-19-10(2)18-12-6-14(24-4)13(23-3)5-11(12)16(19)22/h5-6,9,20H,7-8H2,1-4H3,(H,17,21)/t9-/m0/s1. The molecule has 0 aliphatic carbocycles. The predicted molar refractivity (Wildman–Crippen MR) is 88.5 cm³/mol. The minimum atomic E-state index is -0.383. The second-order valence-electron chi connectivity index (χ2n) is 5.43. The van der Waals surface area contributed by atoms with Crippen molar-refractivity contribution < 1.29 is 19.4 Å². The molecule has 1 amide bonds. The summed E-state index contributed by atoms with van der Waals surface area (Å²) in [7, 11) is 2.98. The molecule has 0 radical (unpaired) electrons. The monoisotopic (exact) mass is 335 g/mol. The van der Waals surface area contributed by atoms with E-state index in [4.69, 9.17) is 14.6 Å². The Hall–Kier alpha value is -2.61. The molecule has 8 nitrogen and oxygen atoms in total. The van der Waals surface area contributed by atoms with Gasteiger partial charge in [0.05, 0.1) is 31.7 Å². The lowest BCUT2D eigenvalue weighted by Gasteiger charge is -2.15. The van der Waals surface area contributed by atoms with Gasteiger partial charge in [-0.05, 0) is 19.9 Å². The fourth-order valence-electron chi connectivity index (χ4n) is 2.36. The number of aromatic nitrogens is 2. The SMILES string of the molecule is COc1cc2nc(C)n(CC(=O)N[C@@H](C)CO)c(=O)c2cc1OC. The minimum absolute atomic E-state index is 0.174. The maximum absolute atomic E-state index is 12.7. The first kappa shape index (κ1) is 17.7. The highest BCUT2D eigenvalue weighted by atomic mass is 16.5. The van der Waals surface area contributed by atoms with Crippen molar-refractivity contribution in [1.82, 2.24) is 14.9 Å². The van der Waals surface area contributed by atoms with Gasteiger partial charge in [0.1, 0.15) is 12.4 Å². The molecule has 1 heterocycles. The molecular weight excluding hydrogens is 314 g/mol. The van der Waals surface area contributed by atoms with Crippen LogP contribution in [0, 0.1) is 6.92 Å². The summed E-state index contributed by atoms with van der Waals surface area (Å²) < 4.78 is 11.7. The number of benzene rings is 1. The number of amides is 1. The number of aliphatic hydroxyl groups is 1.